The summed E-state index contributed by atoms with van der Waals surface area (Å²) in [6.07, 6.45) is 0. The van der Waals surface area contributed by atoms with Crippen molar-refractivity contribution in [3.05, 3.63) is 59.7 Å². The lowest BCUT2D eigenvalue weighted by Gasteiger charge is -2.39. The van der Waals surface area contributed by atoms with Gasteiger partial charge in [-0.25, -0.2) is 0 Å². The normalized spacial score (nSPS) is 15.1. The van der Waals surface area contributed by atoms with Crippen LogP contribution in [-0.2, 0) is 10.2 Å². The minimum atomic E-state index is -0.544. The Kier molecular flexibility index (Phi) is 5.21. The fourth-order valence-electron chi connectivity index (χ4n) is 3.52. The Hall–Kier alpha value is -2.49. The van der Waals surface area contributed by atoms with E-state index in [2.05, 4.69) is 36.1 Å². The van der Waals surface area contributed by atoms with E-state index in [0.717, 1.165) is 37.5 Å². The summed E-state index contributed by atoms with van der Waals surface area (Å²) in [6.45, 7) is 9.37. The molecule has 2 aromatic carbocycles. The second-order valence-corrected chi connectivity index (χ2v) is 7.47. The third-order valence-electron chi connectivity index (χ3n) is 5.28. The van der Waals surface area contributed by atoms with E-state index in [1.165, 1.54) is 11.3 Å². The average Bonchev–Trinajstić information content (AvgIpc) is 2.67. The topological polar surface area (TPSA) is 32.8 Å². The van der Waals surface area contributed by atoms with Crippen molar-refractivity contribution in [2.45, 2.75) is 26.2 Å². The summed E-state index contributed by atoms with van der Waals surface area (Å²) in [5, 5.41) is 0. The first-order valence-corrected chi connectivity index (χ1v) is 9.17. The van der Waals surface area contributed by atoms with Crippen LogP contribution in [-0.4, -0.2) is 44.1 Å². The Morgan fingerprint density at radius 1 is 1.00 bits per heavy atom. The van der Waals surface area contributed by atoms with Crippen molar-refractivity contribution in [3.8, 4) is 5.75 Å². The molecular weight excluding hydrogens is 324 g/mol. The first-order valence-electron chi connectivity index (χ1n) is 9.17. The predicted molar refractivity (Wildman–Crippen MR) is 106 cm³/mol. The molecule has 1 aliphatic heterocycles. The number of hydrogen-bond donors (Lipinski definition) is 0. The molecule has 2 aromatic rings. The van der Waals surface area contributed by atoms with Gasteiger partial charge in [0.1, 0.15) is 5.75 Å². The first-order chi connectivity index (χ1) is 12.4. The maximum absolute atomic E-state index is 13.1. The van der Waals surface area contributed by atoms with Crippen molar-refractivity contribution >= 4 is 11.6 Å². The maximum Gasteiger partial charge on any atom is 0.232 e. The van der Waals surface area contributed by atoms with Gasteiger partial charge in [-0.3, -0.25) is 4.79 Å². The van der Waals surface area contributed by atoms with Gasteiger partial charge in [0, 0.05) is 31.9 Å². The molecule has 0 radical (unpaired) electrons. The van der Waals surface area contributed by atoms with Gasteiger partial charge in [-0.2, -0.15) is 0 Å². The summed E-state index contributed by atoms with van der Waals surface area (Å²) in [5.41, 5.74) is 2.98. The molecule has 26 heavy (non-hydrogen) atoms. The average molecular weight is 352 g/mol. The summed E-state index contributed by atoms with van der Waals surface area (Å²) in [4.78, 5) is 17.5. The Morgan fingerprint density at radius 2 is 1.65 bits per heavy atom. The highest BCUT2D eigenvalue weighted by atomic mass is 16.5. The van der Waals surface area contributed by atoms with Crippen LogP contribution < -0.4 is 9.64 Å². The van der Waals surface area contributed by atoms with Crippen LogP contribution in [0.5, 0.6) is 5.75 Å². The number of rotatable bonds is 4. The van der Waals surface area contributed by atoms with Gasteiger partial charge >= 0.3 is 0 Å². The Balaban J connectivity index is 1.67. The number of carbonyl (C=O) groups excluding carboxylic acids is 1. The number of piperazine rings is 1. The molecule has 1 heterocycles. The molecule has 4 nitrogen and oxygen atoms in total. The molecule has 138 valence electrons. The zero-order chi connectivity index (χ0) is 18.7. The molecule has 1 fully saturated rings. The van der Waals surface area contributed by atoms with Gasteiger partial charge in [-0.05, 0) is 56.2 Å². The molecule has 0 atom stereocenters. The second kappa shape index (κ2) is 7.40. The molecule has 1 amide bonds. The van der Waals surface area contributed by atoms with Crippen LogP contribution in [0.4, 0.5) is 5.69 Å². The number of amides is 1. The van der Waals surface area contributed by atoms with Gasteiger partial charge in [0.15, 0.2) is 0 Å². The van der Waals surface area contributed by atoms with Gasteiger partial charge < -0.3 is 14.5 Å². The monoisotopic (exact) mass is 352 g/mol. The molecule has 0 saturated carbocycles. The van der Waals surface area contributed by atoms with Crippen LogP contribution in [0.2, 0.25) is 0 Å². The summed E-state index contributed by atoms with van der Waals surface area (Å²) >= 11 is 0. The number of carbonyl (C=O) groups is 1. The minimum Gasteiger partial charge on any atom is -0.497 e. The van der Waals surface area contributed by atoms with E-state index in [9.17, 15) is 4.79 Å². The number of ether oxygens (including phenoxy) is 1. The fourth-order valence-corrected chi connectivity index (χ4v) is 3.52. The van der Waals surface area contributed by atoms with Gasteiger partial charge in [0.05, 0.1) is 12.5 Å². The quantitative estimate of drug-likeness (QED) is 0.842. The highest BCUT2D eigenvalue weighted by Gasteiger charge is 2.35. The molecule has 0 aromatic heterocycles. The number of benzene rings is 2. The van der Waals surface area contributed by atoms with E-state index in [4.69, 9.17) is 4.74 Å². The molecule has 0 spiro atoms. The predicted octanol–water partition coefficient (Wildman–Crippen LogP) is 3.63. The smallest absolute Gasteiger partial charge is 0.232 e. The molecule has 3 rings (SSSR count). The van der Waals surface area contributed by atoms with E-state index in [-0.39, 0.29) is 5.91 Å². The summed E-state index contributed by atoms with van der Waals surface area (Å²) in [6, 6.07) is 16.4. The van der Waals surface area contributed by atoms with Crippen molar-refractivity contribution in [3.63, 3.8) is 0 Å². The summed E-state index contributed by atoms with van der Waals surface area (Å²) < 4.78 is 5.22. The summed E-state index contributed by atoms with van der Waals surface area (Å²) in [5.74, 6) is 0.996. The van der Waals surface area contributed by atoms with Gasteiger partial charge in [-0.15, -0.1) is 0 Å². The summed E-state index contributed by atoms with van der Waals surface area (Å²) in [7, 11) is 1.65. The highest BCUT2D eigenvalue weighted by molar-refractivity contribution is 5.87. The Labute approximate surface area is 156 Å². The zero-order valence-electron chi connectivity index (χ0n) is 16.2. The van der Waals surface area contributed by atoms with Crippen LogP contribution >= 0.6 is 0 Å². The minimum absolute atomic E-state index is 0.187. The first kappa shape index (κ1) is 18.3. The molecule has 1 aliphatic rings. The molecular formula is C22H28N2O2. The Bertz CT molecular complexity index is 760. The lowest BCUT2D eigenvalue weighted by molar-refractivity contribution is -0.136. The van der Waals surface area contributed by atoms with Crippen LogP contribution in [0.1, 0.15) is 25.0 Å². The van der Waals surface area contributed by atoms with Crippen molar-refractivity contribution in [1.29, 1.82) is 0 Å². The van der Waals surface area contributed by atoms with Crippen molar-refractivity contribution in [2.75, 3.05) is 38.2 Å². The van der Waals surface area contributed by atoms with Gasteiger partial charge in [0.2, 0.25) is 5.91 Å². The van der Waals surface area contributed by atoms with Gasteiger partial charge in [0.25, 0.3) is 0 Å². The van der Waals surface area contributed by atoms with Crippen LogP contribution in [0.25, 0.3) is 0 Å². The lowest BCUT2D eigenvalue weighted by atomic mass is 9.83. The highest BCUT2D eigenvalue weighted by Crippen LogP contribution is 2.28. The second-order valence-electron chi connectivity index (χ2n) is 7.47. The molecule has 4 heteroatoms. The standard InChI is InChI=1S/C22H28N2O2/c1-17-6-5-7-19(16-17)23-12-14-24(15-13-23)21(25)22(2,3)18-8-10-20(26-4)11-9-18/h5-11,16H,12-15H2,1-4H3. The van der Waals surface area contributed by atoms with Crippen LogP contribution in [0, 0.1) is 6.92 Å². The van der Waals surface area contributed by atoms with Crippen molar-refractivity contribution < 1.29 is 9.53 Å². The molecule has 0 bridgehead atoms. The largest absolute Gasteiger partial charge is 0.497 e. The number of aryl methyl sites for hydroxylation is 1. The molecule has 0 aliphatic carbocycles. The van der Waals surface area contributed by atoms with Gasteiger partial charge in [-0.1, -0.05) is 24.3 Å². The fraction of sp³-hybridized carbons (Fsp3) is 0.409. The van der Waals surface area contributed by atoms with E-state index in [1.807, 2.05) is 43.0 Å². The third-order valence-corrected chi connectivity index (χ3v) is 5.28. The number of anilines is 1. The maximum atomic E-state index is 13.1. The third kappa shape index (κ3) is 3.69. The van der Waals surface area contributed by atoms with E-state index in [0.29, 0.717) is 0 Å². The number of nitrogens with zero attached hydrogens (tertiary/aromatic N) is 2. The lowest BCUT2D eigenvalue weighted by Crippen LogP contribution is -2.53. The van der Waals surface area contributed by atoms with E-state index < -0.39 is 5.41 Å². The van der Waals surface area contributed by atoms with Crippen molar-refractivity contribution in [1.82, 2.24) is 4.90 Å². The number of hydrogen-bond acceptors (Lipinski definition) is 3. The zero-order valence-corrected chi connectivity index (χ0v) is 16.2. The van der Waals surface area contributed by atoms with E-state index in [1.54, 1.807) is 7.11 Å². The van der Waals surface area contributed by atoms with Crippen LogP contribution in [0.15, 0.2) is 48.5 Å². The molecule has 1 saturated heterocycles. The van der Waals surface area contributed by atoms with E-state index >= 15 is 0 Å². The van der Waals surface area contributed by atoms with Crippen molar-refractivity contribution in [2.24, 2.45) is 0 Å². The molecule has 0 unspecified atom stereocenters. The SMILES string of the molecule is COc1ccc(C(C)(C)C(=O)N2CCN(c3cccc(C)c3)CC2)cc1. The van der Waals surface area contributed by atoms with Crippen LogP contribution in [0.3, 0.4) is 0 Å². The Morgan fingerprint density at radius 3 is 2.23 bits per heavy atom. The molecule has 0 N–H and O–H groups in total. The number of methoxy groups -OCH3 is 1.